The van der Waals surface area contributed by atoms with Gasteiger partial charge in [-0.05, 0) is 42.3 Å². The lowest BCUT2D eigenvalue weighted by atomic mass is 10.0. The molecule has 0 aliphatic carbocycles. The second-order valence-corrected chi connectivity index (χ2v) is 8.89. The maximum absolute atomic E-state index is 11.1. The highest BCUT2D eigenvalue weighted by atomic mass is 32.1. The molecule has 1 aromatic heterocycles. The van der Waals surface area contributed by atoms with Crippen molar-refractivity contribution in [1.82, 2.24) is 4.90 Å². The Kier molecular flexibility index (Phi) is 7.87. The Morgan fingerprint density at radius 3 is 2.50 bits per heavy atom. The Labute approximate surface area is 192 Å². The standard InChI is InChI=1S/C25H28N2O4S/c28-27(29)22-10-4-5-11-23(22)30-18-7-15-26-16-13-21(14-17-26)31-25(24-12-6-19-32-24)20-8-2-1-3-9-20/h1-6,8-12,19,21,25H,7,13-18H2. The number of benzene rings is 2. The summed E-state index contributed by atoms with van der Waals surface area (Å²) < 4.78 is 12.2. The molecule has 4 rings (SSSR count). The fraction of sp³-hybridized carbons (Fsp3) is 0.360. The van der Waals surface area contributed by atoms with Gasteiger partial charge in [-0.2, -0.15) is 0 Å². The number of rotatable bonds is 10. The Hall–Kier alpha value is -2.74. The zero-order valence-corrected chi connectivity index (χ0v) is 18.8. The van der Waals surface area contributed by atoms with E-state index in [4.69, 9.17) is 9.47 Å². The Bertz CT molecular complexity index is 973. The molecular weight excluding hydrogens is 424 g/mol. The zero-order valence-electron chi connectivity index (χ0n) is 18.0. The molecule has 0 bridgehead atoms. The van der Waals surface area contributed by atoms with E-state index < -0.39 is 4.92 Å². The first-order chi connectivity index (χ1) is 15.7. The normalized spacial score (nSPS) is 16.0. The lowest BCUT2D eigenvalue weighted by molar-refractivity contribution is -0.385. The van der Waals surface area contributed by atoms with E-state index >= 15 is 0 Å². The van der Waals surface area contributed by atoms with E-state index in [-0.39, 0.29) is 17.9 Å². The van der Waals surface area contributed by atoms with Gasteiger partial charge in [0.25, 0.3) is 0 Å². The van der Waals surface area contributed by atoms with E-state index in [1.165, 1.54) is 16.5 Å². The summed E-state index contributed by atoms with van der Waals surface area (Å²) in [5.74, 6) is 0.338. The second-order valence-electron chi connectivity index (χ2n) is 7.91. The van der Waals surface area contributed by atoms with Crippen molar-refractivity contribution in [2.24, 2.45) is 0 Å². The number of hydrogen-bond acceptors (Lipinski definition) is 6. The van der Waals surface area contributed by atoms with Crippen molar-refractivity contribution in [1.29, 1.82) is 0 Å². The van der Waals surface area contributed by atoms with E-state index in [2.05, 4.69) is 46.7 Å². The summed E-state index contributed by atoms with van der Waals surface area (Å²) in [5, 5.41) is 13.2. The molecule has 2 aromatic carbocycles. The Morgan fingerprint density at radius 2 is 1.78 bits per heavy atom. The average molecular weight is 453 g/mol. The van der Waals surface area contributed by atoms with Crippen LogP contribution in [0, 0.1) is 10.1 Å². The predicted molar refractivity (Wildman–Crippen MR) is 126 cm³/mol. The van der Waals surface area contributed by atoms with Crippen LogP contribution < -0.4 is 4.74 Å². The number of para-hydroxylation sites is 2. The number of likely N-dealkylation sites (tertiary alicyclic amines) is 1. The topological polar surface area (TPSA) is 64.8 Å². The molecule has 1 aliphatic heterocycles. The van der Waals surface area contributed by atoms with Crippen LogP contribution in [0.25, 0.3) is 0 Å². The van der Waals surface area contributed by atoms with Crippen LogP contribution in [0.5, 0.6) is 5.75 Å². The molecule has 0 N–H and O–H groups in total. The van der Waals surface area contributed by atoms with Crippen LogP contribution in [0.15, 0.2) is 72.1 Å². The number of nitrogens with zero attached hydrogens (tertiary/aromatic N) is 2. The zero-order chi connectivity index (χ0) is 22.2. The van der Waals surface area contributed by atoms with Crippen LogP contribution in [-0.2, 0) is 4.74 Å². The minimum atomic E-state index is -0.404. The Morgan fingerprint density at radius 1 is 1.03 bits per heavy atom. The van der Waals surface area contributed by atoms with Crippen LogP contribution in [-0.4, -0.2) is 42.2 Å². The van der Waals surface area contributed by atoms with Crippen molar-refractivity contribution in [2.45, 2.75) is 31.5 Å². The van der Waals surface area contributed by atoms with Crippen molar-refractivity contribution in [3.8, 4) is 5.75 Å². The predicted octanol–water partition coefficient (Wildman–Crippen LogP) is 5.70. The maximum Gasteiger partial charge on any atom is 0.310 e. The van der Waals surface area contributed by atoms with Gasteiger partial charge in [-0.1, -0.05) is 48.5 Å². The van der Waals surface area contributed by atoms with E-state index in [9.17, 15) is 10.1 Å². The van der Waals surface area contributed by atoms with Gasteiger partial charge in [0.05, 0.1) is 17.6 Å². The fourth-order valence-corrected chi connectivity index (χ4v) is 4.83. The maximum atomic E-state index is 11.1. The molecule has 3 aromatic rings. The van der Waals surface area contributed by atoms with Gasteiger partial charge in [0, 0.05) is 30.6 Å². The van der Waals surface area contributed by atoms with Crippen molar-refractivity contribution >= 4 is 17.0 Å². The van der Waals surface area contributed by atoms with Gasteiger partial charge >= 0.3 is 5.69 Å². The number of hydrogen-bond donors (Lipinski definition) is 0. The van der Waals surface area contributed by atoms with Gasteiger partial charge in [0.2, 0.25) is 0 Å². The highest BCUT2D eigenvalue weighted by molar-refractivity contribution is 7.10. The molecule has 1 fully saturated rings. The van der Waals surface area contributed by atoms with Crippen LogP contribution in [0.4, 0.5) is 5.69 Å². The van der Waals surface area contributed by atoms with Crippen LogP contribution in [0.1, 0.15) is 35.8 Å². The monoisotopic (exact) mass is 452 g/mol. The molecule has 1 atom stereocenters. The summed E-state index contributed by atoms with van der Waals surface area (Å²) in [6.45, 7) is 3.36. The second kappa shape index (κ2) is 11.2. The van der Waals surface area contributed by atoms with Crippen LogP contribution >= 0.6 is 11.3 Å². The average Bonchev–Trinajstić information content (AvgIpc) is 3.36. The molecular formula is C25H28N2O4S. The van der Waals surface area contributed by atoms with Crippen molar-refractivity contribution in [3.05, 3.63) is 92.7 Å². The molecule has 7 heteroatoms. The number of ether oxygens (including phenoxy) is 2. The highest BCUT2D eigenvalue weighted by Crippen LogP contribution is 2.32. The summed E-state index contributed by atoms with van der Waals surface area (Å²) >= 11 is 1.74. The van der Waals surface area contributed by atoms with E-state index in [1.54, 1.807) is 29.5 Å². The largest absolute Gasteiger partial charge is 0.487 e. The fourth-order valence-electron chi connectivity index (χ4n) is 4.04. The third-order valence-corrected chi connectivity index (χ3v) is 6.62. The van der Waals surface area contributed by atoms with Gasteiger partial charge in [-0.25, -0.2) is 0 Å². The van der Waals surface area contributed by atoms with Gasteiger partial charge < -0.3 is 14.4 Å². The van der Waals surface area contributed by atoms with Crippen LogP contribution in [0.3, 0.4) is 0 Å². The first-order valence-corrected chi connectivity index (χ1v) is 11.9. The molecule has 1 aliphatic rings. The minimum Gasteiger partial charge on any atom is -0.487 e. The van der Waals surface area contributed by atoms with Gasteiger partial charge in [-0.3, -0.25) is 10.1 Å². The molecule has 1 saturated heterocycles. The molecule has 2 heterocycles. The molecule has 32 heavy (non-hydrogen) atoms. The summed E-state index contributed by atoms with van der Waals surface area (Å²) in [6.07, 6.45) is 3.06. The van der Waals surface area contributed by atoms with E-state index in [0.29, 0.717) is 12.4 Å². The summed E-state index contributed by atoms with van der Waals surface area (Å²) in [7, 11) is 0. The quantitative estimate of drug-likeness (QED) is 0.224. The SMILES string of the molecule is O=[N+]([O-])c1ccccc1OCCCN1CCC(OC(c2ccccc2)c2cccs2)CC1. The molecule has 0 spiro atoms. The lowest BCUT2D eigenvalue weighted by Crippen LogP contribution is -2.38. The smallest absolute Gasteiger partial charge is 0.310 e. The summed E-state index contributed by atoms with van der Waals surface area (Å²) in [5.41, 5.74) is 1.22. The van der Waals surface area contributed by atoms with Crippen molar-refractivity contribution < 1.29 is 14.4 Å². The molecule has 0 saturated carbocycles. The third-order valence-electron chi connectivity index (χ3n) is 5.71. The summed E-state index contributed by atoms with van der Waals surface area (Å²) in [6, 6.07) is 21.2. The number of nitro benzene ring substituents is 1. The minimum absolute atomic E-state index is 0.0113. The van der Waals surface area contributed by atoms with Gasteiger partial charge in [0.15, 0.2) is 5.75 Å². The van der Waals surface area contributed by atoms with E-state index in [1.807, 2.05) is 6.07 Å². The molecule has 0 amide bonds. The van der Waals surface area contributed by atoms with Gasteiger partial charge in [-0.15, -0.1) is 11.3 Å². The van der Waals surface area contributed by atoms with Crippen LogP contribution in [0.2, 0.25) is 0 Å². The lowest BCUT2D eigenvalue weighted by Gasteiger charge is -2.34. The first kappa shape index (κ1) is 22.5. The Balaban J connectivity index is 1.22. The molecule has 168 valence electrons. The molecule has 1 unspecified atom stereocenters. The van der Waals surface area contributed by atoms with Crippen molar-refractivity contribution in [3.63, 3.8) is 0 Å². The van der Waals surface area contributed by atoms with Crippen molar-refractivity contribution in [2.75, 3.05) is 26.2 Å². The molecule has 6 nitrogen and oxygen atoms in total. The van der Waals surface area contributed by atoms with E-state index in [0.717, 1.165) is 38.9 Å². The number of piperidine rings is 1. The number of nitro groups is 1. The van der Waals surface area contributed by atoms with Gasteiger partial charge in [0.1, 0.15) is 6.10 Å². The highest BCUT2D eigenvalue weighted by Gasteiger charge is 2.25. The first-order valence-electron chi connectivity index (χ1n) is 11.0. The number of thiophene rings is 1. The third kappa shape index (κ3) is 5.94. The molecule has 0 radical (unpaired) electrons. The summed E-state index contributed by atoms with van der Waals surface area (Å²) in [4.78, 5) is 14.3.